The van der Waals surface area contributed by atoms with Crippen molar-refractivity contribution in [2.24, 2.45) is 0 Å². The number of nitrogens with one attached hydrogen (secondary N) is 1. The van der Waals surface area contributed by atoms with Crippen LogP contribution in [0.5, 0.6) is 0 Å². The Labute approximate surface area is 129 Å². The zero-order valence-electron chi connectivity index (χ0n) is 10.2. The molecular weight excluding hydrogens is 345 g/mol. The molecule has 0 atom stereocenters. The minimum atomic E-state index is -4.22. The smallest absolute Gasteiger partial charge is 0.263 e. The standard InChI is InChI=1S/C12H8Cl2F2N2O2S/c13-9-1-2-10(11(14)12(9)16)21(19,20)18-8-4-6(15)3-7(17)5-8/h1-5,18H,17H2. The molecule has 0 aromatic heterocycles. The summed E-state index contributed by atoms with van der Waals surface area (Å²) < 4.78 is 53.1. The van der Waals surface area contributed by atoms with Crippen LogP contribution < -0.4 is 10.5 Å². The molecule has 112 valence electrons. The number of benzene rings is 2. The molecule has 0 aliphatic rings. The molecule has 0 aliphatic heterocycles. The predicted octanol–water partition coefficient (Wildman–Crippen LogP) is 3.65. The first-order chi connectivity index (χ1) is 9.70. The molecule has 9 heteroatoms. The number of anilines is 2. The van der Waals surface area contributed by atoms with Crippen LogP contribution in [0.3, 0.4) is 0 Å². The Morgan fingerprint density at radius 1 is 1.10 bits per heavy atom. The van der Waals surface area contributed by atoms with Crippen molar-refractivity contribution >= 4 is 44.6 Å². The molecule has 0 fully saturated rings. The first kappa shape index (κ1) is 15.8. The highest BCUT2D eigenvalue weighted by Gasteiger charge is 2.22. The summed E-state index contributed by atoms with van der Waals surface area (Å²) in [5.41, 5.74) is 5.33. The number of hydrogen-bond donors (Lipinski definition) is 2. The molecule has 0 unspecified atom stereocenters. The Morgan fingerprint density at radius 2 is 1.76 bits per heavy atom. The lowest BCUT2D eigenvalue weighted by atomic mass is 10.3. The fourth-order valence-corrected chi connectivity index (χ4v) is 3.38. The molecule has 4 nitrogen and oxygen atoms in total. The topological polar surface area (TPSA) is 72.2 Å². The van der Waals surface area contributed by atoms with Crippen LogP contribution in [0, 0.1) is 11.6 Å². The minimum absolute atomic E-state index is 0.0288. The van der Waals surface area contributed by atoms with Gasteiger partial charge in [0.05, 0.1) is 15.7 Å². The fourth-order valence-electron chi connectivity index (χ4n) is 1.60. The normalized spacial score (nSPS) is 11.4. The Hall–Kier alpha value is -1.57. The van der Waals surface area contributed by atoms with Crippen LogP contribution in [-0.2, 0) is 10.0 Å². The molecular formula is C12H8Cl2F2N2O2S. The van der Waals surface area contributed by atoms with Crippen molar-refractivity contribution in [1.82, 2.24) is 0 Å². The minimum Gasteiger partial charge on any atom is -0.399 e. The maximum atomic E-state index is 13.6. The molecule has 0 spiro atoms. The molecule has 21 heavy (non-hydrogen) atoms. The number of rotatable bonds is 3. The Bertz CT molecular complexity index is 793. The van der Waals surface area contributed by atoms with E-state index in [9.17, 15) is 17.2 Å². The number of hydrogen-bond acceptors (Lipinski definition) is 3. The van der Waals surface area contributed by atoms with Crippen molar-refractivity contribution in [3.8, 4) is 0 Å². The lowest BCUT2D eigenvalue weighted by Gasteiger charge is -2.11. The van der Waals surface area contributed by atoms with Gasteiger partial charge in [0.2, 0.25) is 0 Å². The van der Waals surface area contributed by atoms with Crippen molar-refractivity contribution in [3.63, 3.8) is 0 Å². The van der Waals surface area contributed by atoms with Crippen molar-refractivity contribution in [3.05, 3.63) is 52.0 Å². The van der Waals surface area contributed by atoms with Gasteiger partial charge in [0, 0.05) is 5.69 Å². The van der Waals surface area contributed by atoms with Crippen molar-refractivity contribution in [2.75, 3.05) is 10.5 Å². The largest absolute Gasteiger partial charge is 0.399 e. The second kappa shape index (κ2) is 5.67. The second-order valence-corrected chi connectivity index (χ2v) is 6.49. The second-order valence-electron chi connectivity index (χ2n) is 4.05. The van der Waals surface area contributed by atoms with Gasteiger partial charge in [0.1, 0.15) is 10.7 Å². The average Bonchev–Trinajstić information content (AvgIpc) is 2.33. The monoisotopic (exact) mass is 352 g/mol. The molecule has 3 N–H and O–H groups in total. The molecule has 0 heterocycles. The summed E-state index contributed by atoms with van der Waals surface area (Å²) in [5.74, 6) is -1.78. The van der Waals surface area contributed by atoms with Crippen LogP contribution in [-0.4, -0.2) is 8.42 Å². The van der Waals surface area contributed by atoms with Crippen LogP contribution in [0.25, 0.3) is 0 Å². The van der Waals surface area contributed by atoms with E-state index in [1.54, 1.807) is 0 Å². The highest BCUT2D eigenvalue weighted by molar-refractivity contribution is 7.92. The van der Waals surface area contributed by atoms with Gasteiger partial charge in [-0.3, -0.25) is 4.72 Å². The van der Waals surface area contributed by atoms with Gasteiger partial charge in [-0.2, -0.15) is 0 Å². The Kier molecular flexibility index (Phi) is 4.27. The zero-order valence-corrected chi connectivity index (χ0v) is 12.5. The van der Waals surface area contributed by atoms with Crippen LogP contribution in [0.2, 0.25) is 10.0 Å². The summed E-state index contributed by atoms with van der Waals surface area (Å²) in [6.45, 7) is 0. The van der Waals surface area contributed by atoms with Crippen LogP contribution in [0.15, 0.2) is 35.2 Å². The van der Waals surface area contributed by atoms with Crippen molar-refractivity contribution in [2.45, 2.75) is 4.90 Å². The number of halogens is 4. The van der Waals surface area contributed by atoms with E-state index in [0.717, 1.165) is 24.3 Å². The van der Waals surface area contributed by atoms with Gasteiger partial charge in [-0.15, -0.1) is 0 Å². The Morgan fingerprint density at radius 3 is 2.38 bits per heavy atom. The van der Waals surface area contributed by atoms with E-state index in [0.29, 0.717) is 0 Å². The molecule has 2 aromatic rings. The average molecular weight is 353 g/mol. The third-order valence-electron chi connectivity index (χ3n) is 2.46. The number of sulfonamides is 1. The summed E-state index contributed by atoms with van der Waals surface area (Å²) in [6, 6.07) is 5.25. The molecule has 0 bridgehead atoms. The van der Waals surface area contributed by atoms with E-state index in [1.807, 2.05) is 0 Å². The summed E-state index contributed by atoms with van der Waals surface area (Å²) in [4.78, 5) is -0.520. The summed E-state index contributed by atoms with van der Waals surface area (Å²) in [5, 5.41) is -0.965. The van der Waals surface area contributed by atoms with Gasteiger partial charge in [0.15, 0.2) is 5.82 Å². The molecule has 2 rings (SSSR count). The van der Waals surface area contributed by atoms with E-state index in [1.165, 1.54) is 6.07 Å². The maximum Gasteiger partial charge on any atom is 0.263 e. The van der Waals surface area contributed by atoms with Crippen LogP contribution in [0.1, 0.15) is 0 Å². The van der Waals surface area contributed by atoms with Gasteiger partial charge in [0.25, 0.3) is 10.0 Å². The lowest BCUT2D eigenvalue weighted by Crippen LogP contribution is -2.14. The molecule has 0 amide bonds. The van der Waals surface area contributed by atoms with Gasteiger partial charge < -0.3 is 5.73 Å². The molecule has 0 saturated heterocycles. The molecule has 0 radical (unpaired) electrons. The SMILES string of the molecule is Nc1cc(F)cc(NS(=O)(=O)c2ccc(Cl)c(F)c2Cl)c1. The number of nitrogen functional groups attached to an aromatic ring is 1. The molecule has 0 saturated carbocycles. The van der Waals surface area contributed by atoms with E-state index < -0.39 is 31.6 Å². The van der Waals surface area contributed by atoms with Crippen molar-refractivity contribution < 1.29 is 17.2 Å². The quantitative estimate of drug-likeness (QED) is 0.654. The highest BCUT2D eigenvalue weighted by atomic mass is 35.5. The summed E-state index contributed by atoms with van der Waals surface area (Å²) in [6.07, 6.45) is 0. The molecule has 0 aliphatic carbocycles. The summed E-state index contributed by atoms with van der Waals surface area (Å²) in [7, 11) is -4.22. The third kappa shape index (κ3) is 3.37. The Balaban J connectivity index is 2.46. The zero-order chi connectivity index (χ0) is 15.8. The van der Waals surface area contributed by atoms with E-state index >= 15 is 0 Å². The predicted molar refractivity (Wildman–Crippen MR) is 78.0 cm³/mol. The number of nitrogens with two attached hydrogens (primary N) is 1. The molecule has 2 aromatic carbocycles. The van der Waals surface area contributed by atoms with Gasteiger partial charge in [-0.1, -0.05) is 23.2 Å². The van der Waals surface area contributed by atoms with E-state index in [-0.39, 0.29) is 16.4 Å². The first-order valence-electron chi connectivity index (χ1n) is 5.43. The first-order valence-corrected chi connectivity index (χ1v) is 7.67. The third-order valence-corrected chi connectivity index (χ3v) is 4.66. The van der Waals surface area contributed by atoms with Gasteiger partial charge in [-0.25, -0.2) is 17.2 Å². The van der Waals surface area contributed by atoms with E-state index in [2.05, 4.69) is 4.72 Å². The maximum absolute atomic E-state index is 13.6. The van der Waals surface area contributed by atoms with Crippen LogP contribution >= 0.6 is 23.2 Å². The van der Waals surface area contributed by atoms with Crippen LogP contribution in [0.4, 0.5) is 20.2 Å². The highest BCUT2D eigenvalue weighted by Crippen LogP contribution is 2.30. The lowest BCUT2D eigenvalue weighted by molar-refractivity contribution is 0.595. The van der Waals surface area contributed by atoms with Gasteiger partial charge >= 0.3 is 0 Å². The van der Waals surface area contributed by atoms with Crippen molar-refractivity contribution in [1.29, 1.82) is 0 Å². The van der Waals surface area contributed by atoms with Gasteiger partial charge in [-0.05, 0) is 30.3 Å². The van der Waals surface area contributed by atoms with E-state index in [4.69, 9.17) is 28.9 Å². The summed E-state index contributed by atoms with van der Waals surface area (Å²) >= 11 is 11.1. The fraction of sp³-hybridized carbons (Fsp3) is 0.